The average Bonchev–Trinajstić information content (AvgIpc) is 2.77. The lowest BCUT2D eigenvalue weighted by atomic mass is 9.97. The van der Waals surface area contributed by atoms with Gasteiger partial charge < -0.3 is 28.8 Å². The summed E-state index contributed by atoms with van der Waals surface area (Å²) in [4.78, 5) is 2.29. The second-order valence-corrected chi connectivity index (χ2v) is 6.84. The molecule has 0 saturated carbocycles. The van der Waals surface area contributed by atoms with Gasteiger partial charge in [-0.2, -0.15) is 0 Å². The number of hydrogen-bond acceptors (Lipinski definition) is 7. The molecular weight excluding hydrogens is 374 g/mol. The van der Waals surface area contributed by atoms with Crippen LogP contribution < -0.4 is 18.9 Å². The molecule has 1 aliphatic heterocycles. The van der Waals surface area contributed by atoms with Crippen LogP contribution in [0.5, 0.6) is 23.0 Å². The van der Waals surface area contributed by atoms with Gasteiger partial charge in [-0.3, -0.25) is 4.90 Å². The topological polar surface area (TPSA) is 69.6 Å². The average molecular weight is 403 g/mol. The molecule has 2 aromatic rings. The minimum atomic E-state index is -0.339. The van der Waals surface area contributed by atoms with E-state index in [1.54, 1.807) is 28.4 Å². The van der Waals surface area contributed by atoms with Gasteiger partial charge in [-0.15, -0.1) is 0 Å². The minimum Gasteiger partial charge on any atom is -0.497 e. The Bertz CT molecular complexity index is 790. The van der Waals surface area contributed by atoms with Crippen LogP contribution in [0.25, 0.3) is 0 Å². The predicted octanol–water partition coefficient (Wildman–Crippen LogP) is 2.66. The van der Waals surface area contributed by atoms with Crippen molar-refractivity contribution in [2.24, 2.45) is 0 Å². The zero-order chi connectivity index (χ0) is 20.8. The third-order valence-corrected chi connectivity index (χ3v) is 5.18. The normalized spacial score (nSPS) is 19.6. The van der Waals surface area contributed by atoms with Crippen molar-refractivity contribution in [3.8, 4) is 23.0 Å². The molecule has 7 heteroatoms. The Morgan fingerprint density at radius 2 is 1.62 bits per heavy atom. The van der Waals surface area contributed by atoms with Gasteiger partial charge in [0.05, 0.1) is 47.7 Å². The fourth-order valence-corrected chi connectivity index (χ4v) is 3.77. The lowest BCUT2D eigenvalue weighted by molar-refractivity contribution is -0.0961. The number of rotatable bonds is 8. The first kappa shape index (κ1) is 21.2. The first-order valence-corrected chi connectivity index (χ1v) is 9.53. The molecule has 1 saturated heterocycles. The molecule has 0 unspecified atom stereocenters. The summed E-state index contributed by atoms with van der Waals surface area (Å²) < 4.78 is 27.5. The number of aliphatic hydroxyl groups excluding tert-OH is 1. The van der Waals surface area contributed by atoms with Crippen LogP contribution in [0.3, 0.4) is 0 Å². The van der Waals surface area contributed by atoms with Gasteiger partial charge in [0.2, 0.25) is 0 Å². The lowest BCUT2D eigenvalue weighted by Crippen LogP contribution is -2.46. The molecule has 0 amide bonds. The van der Waals surface area contributed by atoms with Crippen LogP contribution >= 0.6 is 0 Å². The number of benzene rings is 2. The van der Waals surface area contributed by atoms with Crippen LogP contribution in [0, 0.1) is 0 Å². The molecule has 0 radical (unpaired) electrons. The first-order valence-electron chi connectivity index (χ1n) is 9.53. The third-order valence-electron chi connectivity index (χ3n) is 5.18. The minimum absolute atomic E-state index is 0.0725. The fraction of sp³-hybridized carbons (Fsp3) is 0.455. The highest BCUT2D eigenvalue weighted by Gasteiger charge is 2.34. The summed E-state index contributed by atoms with van der Waals surface area (Å²) in [6.07, 6.45) is -0.339. The van der Waals surface area contributed by atoms with E-state index in [2.05, 4.69) is 4.90 Å². The van der Waals surface area contributed by atoms with Gasteiger partial charge in [0.15, 0.2) is 11.5 Å². The van der Waals surface area contributed by atoms with Gasteiger partial charge in [-0.05, 0) is 35.4 Å². The zero-order valence-corrected chi connectivity index (χ0v) is 17.4. The summed E-state index contributed by atoms with van der Waals surface area (Å²) >= 11 is 0. The molecule has 1 heterocycles. The molecule has 29 heavy (non-hydrogen) atoms. The van der Waals surface area contributed by atoms with Gasteiger partial charge >= 0.3 is 0 Å². The maximum Gasteiger partial charge on any atom is 0.161 e. The van der Waals surface area contributed by atoms with Crippen LogP contribution in [0.1, 0.15) is 17.2 Å². The second kappa shape index (κ2) is 9.82. The summed E-state index contributed by atoms with van der Waals surface area (Å²) in [5.41, 5.74) is 2.06. The van der Waals surface area contributed by atoms with E-state index >= 15 is 0 Å². The molecule has 0 aliphatic carbocycles. The quantitative estimate of drug-likeness (QED) is 0.727. The van der Waals surface area contributed by atoms with Gasteiger partial charge in [0.25, 0.3) is 0 Å². The molecule has 2 aromatic carbocycles. The summed E-state index contributed by atoms with van der Waals surface area (Å²) in [5.74, 6) is 2.80. The number of aliphatic hydroxyl groups is 1. The number of nitrogens with zero attached hydrogens (tertiary/aromatic N) is 1. The molecular formula is C22H29NO6. The van der Waals surface area contributed by atoms with Crippen molar-refractivity contribution in [3.05, 3.63) is 47.5 Å². The van der Waals surface area contributed by atoms with Gasteiger partial charge in [0, 0.05) is 19.2 Å². The van der Waals surface area contributed by atoms with E-state index in [0.29, 0.717) is 24.7 Å². The molecule has 0 aromatic heterocycles. The molecule has 1 fully saturated rings. The van der Waals surface area contributed by atoms with Crippen LogP contribution in [-0.4, -0.2) is 64.3 Å². The first-order chi connectivity index (χ1) is 14.1. The van der Waals surface area contributed by atoms with E-state index in [4.69, 9.17) is 23.7 Å². The Morgan fingerprint density at radius 1 is 0.931 bits per heavy atom. The summed E-state index contributed by atoms with van der Waals surface area (Å²) in [6.45, 7) is 1.87. The van der Waals surface area contributed by atoms with Gasteiger partial charge in [0.1, 0.15) is 17.6 Å². The second-order valence-electron chi connectivity index (χ2n) is 6.84. The number of hydrogen-bond donors (Lipinski definition) is 1. The Morgan fingerprint density at radius 3 is 2.21 bits per heavy atom. The highest BCUT2D eigenvalue weighted by molar-refractivity contribution is 5.44. The maximum atomic E-state index is 9.95. The molecule has 3 rings (SSSR count). The fourth-order valence-electron chi connectivity index (χ4n) is 3.77. The third kappa shape index (κ3) is 4.75. The lowest BCUT2D eigenvalue weighted by Gasteiger charge is -2.41. The zero-order valence-electron chi connectivity index (χ0n) is 17.4. The molecule has 7 nitrogen and oxygen atoms in total. The number of morpholine rings is 1. The van der Waals surface area contributed by atoms with E-state index in [1.165, 1.54) is 0 Å². The van der Waals surface area contributed by atoms with Gasteiger partial charge in [-0.1, -0.05) is 6.07 Å². The summed E-state index contributed by atoms with van der Waals surface area (Å²) in [5, 5.41) is 9.95. The van der Waals surface area contributed by atoms with E-state index in [-0.39, 0.29) is 18.8 Å². The number of ether oxygens (including phenoxy) is 5. The van der Waals surface area contributed by atoms with Crippen LogP contribution in [0.15, 0.2) is 36.4 Å². The Kier molecular flexibility index (Phi) is 7.19. The Labute approximate surface area is 171 Å². The molecule has 2 atom stereocenters. The monoisotopic (exact) mass is 403 g/mol. The van der Waals surface area contributed by atoms with Crippen molar-refractivity contribution in [3.63, 3.8) is 0 Å². The SMILES string of the molecule is COc1cc(CN2CCO[C@H](CO)[C@H]2c2ccc(OC)c(OC)c2)cc(OC)c1. The number of methoxy groups -OCH3 is 4. The molecule has 1 aliphatic rings. The van der Waals surface area contributed by atoms with Crippen molar-refractivity contribution in [1.82, 2.24) is 4.90 Å². The predicted molar refractivity (Wildman–Crippen MR) is 109 cm³/mol. The van der Waals surface area contributed by atoms with Crippen molar-refractivity contribution in [1.29, 1.82) is 0 Å². The smallest absolute Gasteiger partial charge is 0.161 e. The standard InChI is InChI=1S/C22H29NO6/c1-25-17-9-15(10-18(12-17)26-2)13-23-7-8-29-21(14-24)22(23)16-5-6-19(27-3)20(11-16)28-4/h5-6,9-12,21-22,24H,7-8,13-14H2,1-4H3/t21-,22-/m1/s1. The van der Waals surface area contributed by atoms with Gasteiger partial charge in [-0.25, -0.2) is 0 Å². The molecule has 0 spiro atoms. The van der Waals surface area contributed by atoms with E-state index < -0.39 is 0 Å². The van der Waals surface area contributed by atoms with Crippen LogP contribution in [-0.2, 0) is 11.3 Å². The molecule has 1 N–H and O–H groups in total. The van der Waals surface area contributed by atoms with E-state index in [9.17, 15) is 5.11 Å². The maximum absolute atomic E-state index is 9.95. The largest absolute Gasteiger partial charge is 0.497 e. The van der Waals surface area contributed by atoms with Crippen LogP contribution in [0.4, 0.5) is 0 Å². The van der Waals surface area contributed by atoms with E-state index in [0.717, 1.165) is 29.2 Å². The van der Waals surface area contributed by atoms with Crippen molar-refractivity contribution < 1.29 is 28.8 Å². The van der Waals surface area contributed by atoms with Crippen molar-refractivity contribution in [2.45, 2.75) is 18.7 Å². The van der Waals surface area contributed by atoms with E-state index in [1.807, 2.05) is 36.4 Å². The Balaban J connectivity index is 1.94. The highest BCUT2D eigenvalue weighted by atomic mass is 16.5. The highest BCUT2D eigenvalue weighted by Crippen LogP contribution is 2.36. The molecule has 0 bridgehead atoms. The Hall–Kier alpha value is -2.48. The summed E-state index contributed by atoms with van der Waals surface area (Å²) in [7, 11) is 6.51. The van der Waals surface area contributed by atoms with Crippen molar-refractivity contribution in [2.75, 3.05) is 48.2 Å². The molecule has 158 valence electrons. The summed E-state index contributed by atoms with van der Waals surface area (Å²) in [6, 6.07) is 11.5. The van der Waals surface area contributed by atoms with Crippen molar-refractivity contribution >= 4 is 0 Å². The van der Waals surface area contributed by atoms with Crippen LogP contribution in [0.2, 0.25) is 0 Å².